The number of rotatable bonds is 20. The van der Waals surface area contributed by atoms with Crippen LogP contribution in [0, 0.1) is 29.4 Å². The van der Waals surface area contributed by atoms with Crippen LogP contribution in [0.1, 0.15) is 83.3 Å². The third kappa shape index (κ3) is 13.0. The minimum absolute atomic E-state index is 0.00653. The predicted octanol–water partition coefficient (Wildman–Crippen LogP) is 3.34. The van der Waals surface area contributed by atoms with Gasteiger partial charge in [-0.1, -0.05) is 60.5 Å². The van der Waals surface area contributed by atoms with Crippen molar-refractivity contribution in [3.05, 3.63) is 65.5 Å². The lowest BCUT2D eigenvalue weighted by atomic mass is 9.83. The van der Waals surface area contributed by atoms with Gasteiger partial charge in [-0.15, -0.1) is 0 Å². The Morgan fingerprint density at radius 1 is 0.878 bits per heavy atom. The summed E-state index contributed by atoms with van der Waals surface area (Å²) >= 11 is 0. The predicted molar refractivity (Wildman–Crippen MR) is 183 cm³/mol. The molecule has 0 radical (unpaired) electrons. The number of aliphatic hydroxyl groups excluding tert-OH is 2. The van der Waals surface area contributed by atoms with Crippen molar-refractivity contribution >= 4 is 27.6 Å². The van der Waals surface area contributed by atoms with E-state index in [0.29, 0.717) is 38.3 Å². The Labute approximate surface area is 288 Å². The maximum Gasteiger partial charge on any atom is 0.270 e. The van der Waals surface area contributed by atoms with Crippen LogP contribution in [0.5, 0.6) is 0 Å². The van der Waals surface area contributed by atoms with E-state index < -0.39 is 92.7 Å². The van der Waals surface area contributed by atoms with E-state index in [2.05, 4.69) is 20.9 Å². The Hall–Kier alpha value is -3.49. The normalized spacial score (nSPS) is 15.0. The maximum atomic E-state index is 14.2. The molecule has 0 saturated heterocycles. The summed E-state index contributed by atoms with van der Waals surface area (Å²) in [6.45, 7) is 11.1. The van der Waals surface area contributed by atoms with Gasteiger partial charge in [0.15, 0.2) is 9.84 Å². The molecule has 0 aliphatic heterocycles. The number of hydrogen-bond acceptors (Lipinski definition) is 8. The summed E-state index contributed by atoms with van der Waals surface area (Å²) in [6, 6.07) is 3.96. The first-order valence-corrected chi connectivity index (χ1v) is 18.5. The summed E-state index contributed by atoms with van der Waals surface area (Å²) in [5.41, 5.74) is -0.0714. The van der Waals surface area contributed by atoms with E-state index in [-0.39, 0.29) is 17.2 Å². The second kappa shape index (κ2) is 19.6. The van der Waals surface area contributed by atoms with Crippen molar-refractivity contribution < 1.29 is 41.8 Å². The van der Waals surface area contributed by atoms with Gasteiger partial charge in [0.05, 0.1) is 29.1 Å². The molecule has 0 fully saturated rings. The lowest BCUT2D eigenvalue weighted by Gasteiger charge is -2.34. The first-order chi connectivity index (χ1) is 23.0. The average Bonchev–Trinajstić information content (AvgIpc) is 3.02. The number of amides is 3. The summed E-state index contributed by atoms with van der Waals surface area (Å²) in [7, 11) is -3.97. The number of nitrogens with one attached hydrogen (secondary N) is 3. The molecule has 0 spiro atoms. The van der Waals surface area contributed by atoms with Gasteiger partial charge in [0, 0.05) is 18.8 Å². The molecular formula is C35H52F2N4O7S. The highest BCUT2D eigenvalue weighted by Crippen LogP contribution is 2.23. The fourth-order valence-electron chi connectivity index (χ4n) is 5.68. The summed E-state index contributed by atoms with van der Waals surface area (Å²) in [6.07, 6.45) is -0.881. The molecule has 1 unspecified atom stereocenters. The molecule has 0 aliphatic rings. The highest BCUT2D eigenvalue weighted by atomic mass is 32.2. The van der Waals surface area contributed by atoms with Gasteiger partial charge in [-0.25, -0.2) is 17.2 Å². The van der Waals surface area contributed by atoms with E-state index in [1.54, 1.807) is 26.0 Å². The van der Waals surface area contributed by atoms with Crippen LogP contribution in [-0.2, 0) is 25.8 Å². The topological polar surface area (TPSA) is 175 Å². The molecule has 1 aromatic heterocycles. The number of benzene rings is 1. The zero-order valence-electron chi connectivity index (χ0n) is 29.2. The molecule has 2 aromatic rings. The van der Waals surface area contributed by atoms with Crippen molar-refractivity contribution in [3.8, 4) is 0 Å². The molecule has 274 valence electrons. The summed E-state index contributed by atoms with van der Waals surface area (Å²) in [5, 5.41) is 29.8. The second-order valence-corrected chi connectivity index (χ2v) is 15.6. The first-order valence-electron chi connectivity index (χ1n) is 16.8. The van der Waals surface area contributed by atoms with Crippen molar-refractivity contribution in [1.82, 2.24) is 20.9 Å². The smallest absolute Gasteiger partial charge is 0.270 e. The third-order valence-electron chi connectivity index (χ3n) is 8.19. The first kappa shape index (κ1) is 41.7. The van der Waals surface area contributed by atoms with Crippen molar-refractivity contribution in [3.63, 3.8) is 0 Å². The monoisotopic (exact) mass is 710 g/mol. The van der Waals surface area contributed by atoms with E-state index >= 15 is 0 Å². The van der Waals surface area contributed by atoms with E-state index in [9.17, 15) is 41.8 Å². The second-order valence-electron chi connectivity index (χ2n) is 13.3. The zero-order valence-corrected chi connectivity index (χ0v) is 30.0. The molecule has 0 bridgehead atoms. The Morgan fingerprint density at radius 3 is 2.00 bits per heavy atom. The molecule has 5 N–H and O–H groups in total. The minimum atomic E-state index is -3.97. The Morgan fingerprint density at radius 2 is 1.49 bits per heavy atom. The molecule has 0 saturated carbocycles. The van der Waals surface area contributed by atoms with E-state index in [1.165, 1.54) is 12.3 Å². The summed E-state index contributed by atoms with van der Waals surface area (Å²) in [5.74, 6) is -6.57. The number of halogens is 2. The Bertz CT molecular complexity index is 1450. The average molecular weight is 711 g/mol. The van der Waals surface area contributed by atoms with E-state index in [4.69, 9.17) is 0 Å². The number of pyridine rings is 1. The zero-order chi connectivity index (χ0) is 36.9. The number of sulfone groups is 1. The van der Waals surface area contributed by atoms with Crippen LogP contribution in [0.2, 0.25) is 0 Å². The van der Waals surface area contributed by atoms with Gasteiger partial charge < -0.3 is 26.2 Å². The van der Waals surface area contributed by atoms with Crippen molar-refractivity contribution in [2.24, 2.45) is 17.8 Å². The third-order valence-corrected chi connectivity index (χ3v) is 10.5. The lowest BCUT2D eigenvalue weighted by Crippen LogP contribution is -2.59. The maximum absolute atomic E-state index is 14.2. The molecule has 0 aliphatic carbocycles. The van der Waals surface area contributed by atoms with Gasteiger partial charge in [0.2, 0.25) is 11.8 Å². The van der Waals surface area contributed by atoms with Crippen LogP contribution in [0.4, 0.5) is 8.78 Å². The standard InChI is InChI=1S/C35H52F2N4O7S/c1-7-11-26(12-8-2)49(47,48)20-29(41-33(44)27-13-9-10-14-38-27)34(45)40-28(17-23-15-24(36)18-25(37)16-23)31(42)32(43)30(22(5)6)35(46)39-19-21(3)4/h9-10,13-16,18,21-22,26,28-32,42-43H,7-8,11-12,17,19-20H2,1-6H3,(H,39,46)(H,40,45)(H,41,44)/t28-,29?,30+,31+,32+/m0/s1. The molecule has 14 heteroatoms. The molecule has 1 heterocycles. The number of nitrogens with zero attached hydrogens (tertiary/aromatic N) is 1. The minimum Gasteiger partial charge on any atom is -0.390 e. The van der Waals surface area contributed by atoms with Gasteiger partial charge in [-0.3, -0.25) is 19.4 Å². The van der Waals surface area contributed by atoms with Crippen LogP contribution in [0.25, 0.3) is 0 Å². The molecule has 1 aromatic carbocycles. The number of aliphatic hydroxyl groups is 2. The quantitative estimate of drug-likeness (QED) is 0.139. The fourth-order valence-corrected chi connectivity index (χ4v) is 7.84. The number of aromatic nitrogens is 1. The molecule has 2 rings (SSSR count). The van der Waals surface area contributed by atoms with Crippen molar-refractivity contribution in [2.75, 3.05) is 12.3 Å². The van der Waals surface area contributed by atoms with Gasteiger partial charge in [-0.2, -0.15) is 0 Å². The van der Waals surface area contributed by atoms with Crippen LogP contribution in [0.3, 0.4) is 0 Å². The van der Waals surface area contributed by atoms with Crippen LogP contribution >= 0.6 is 0 Å². The number of carbonyl (C=O) groups is 3. The van der Waals surface area contributed by atoms with Gasteiger partial charge >= 0.3 is 0 Å². The Kier molecular flexibility index (Phi) is 16.7. The van der Waals surface area contributed by atoms with Crippen molar-refractivity contribution in [1.29, 1.82) is 0 Å². The lowest BCUT2D eigenvalue weighted by molar-refractivity contribution is -0.136. The van der Waals surface area contributed by atoms with Gasteiger partial charge in [-0.05, 0) is 60.9 Å². The molecule has 3 amide bonds. The largest absolute Gasteiger partial charge is 0.390 e. The number of carbonyl (C=O) groups excluding carboxylic acids is 3. The summed E-state index contributed by atoms with van der Waals surface area (Å²) in [4.78, 5) is 44.2. The van der Waals surface area contributed by atoms with Crippen molar-refractivity contribution in [2.45, 2.75) is 103 Å². The van der Waals surface area contributed by atoms with E-state index in [1.807, 2.05) is 27.7 Å². The van der Waals surface area contributed by atoms with Gasteiger partial charge in [0.25, 0.3) is 5.91 Å². The Balaban J connectivity index is 2.55. The highest BCUT2D eigenvalue weighted by molar-refractivity contribution is 7.92. The van der Waals surface area contributed by atoms with Gasteiger partial charge in [0.1, 0.15) is 29.5 Å². The molecular weight excluding hydrogens is 658 g/mol. The fraction of sp³-hybridized carbons (Fsp3) is 0.600. The van der Waals surface area contributed by atoms with E-state index in [0.717, 1.165) is 12.1 Å². The van der Waals surface area contributed by atoms with Crippen LogP contribution < -0.4 is 16.0 Å². The molecule has 5 atom stereocenters. The SMILES string of the molecule is CCCC(CCC)S(=O)(=O)CC(NC(=O)c1ccccn1)C(=O)N[C@@H](Cc1cc(F)cc(F)c1)[C@@H](O)[C@H](O)[C@H](C(=O)NCC(C)C)C(C)C. The molecule has 49 heavy (non-hydrogen) atoms. The van der Waals surface area contributed by atoms with Crippen LogP contribution in [-0.4, -0.2) is 83.2 Å². The number of hydrogen-bond donors (Lipinski definition) is 5. The highest BCUT2D eigenvalue weighted by Gasteiger charge is 2.40. The molecule has 11 nitrogen and oxygen atoms in total. The van der Waals surface area contributed by atoms with Crippen LogP contribution in [0.15, 0.2) is 42.6 Å². The summed E-state index contributed by atoms with van der Waals surface area (Å²) < 4.78 is 55.6.